The summed E-state index contributed by atoms with van der Waals surface area (Å²) in [5.74, 6) is -1.77. The molecule has 7 nitrogen and oxygen atoms in total. The zero-order chi connectivity index (χ0) is 21.7. The summed E-state index contributed by atoms with van der Waals surface area (Å²) in [6, 6.07) is 16.0. The van der Waals surface area contributed by atoms with E-state index in [1.165, 1.54) is 6.92 Å². The molecule has 0 bridgehead atoms. The second-order valence-corrected chi connectivity index (χ2v) is 7.61. The molecule has 2 amide bonds. The molecule has 0 spiro atoms. The fourth-order valence-electron chi connectivity index (χ4n) is 3.88. The molecule has 0 radical (unpaired) electrons. The smallest absolute Gasteiger partial charge is 0.407 e. The van der Waals surface area contributed by atoms with Crippen LogP contribution in [0.1, 0.15) is 43.7 Å². The van der Waals surface area contributed by atoms with Crippen LogP contribution in [0.15, 0.2) is 48.5 Å². The van der Waals surface area contributed by atoms with Gasteiger partial charge in [-0.15, -0.1) is 0 Å². The number of carboxylic acid groups (broad SMARTS) is 1. The monoisotopic (exact) mass is 410 g/mol. The Kier molecular flexibility index (Phi) is 6.40. The van der Waals surface area contributed by atoms with Gasteiger partial charge in [0.05, 0.1) is 0 Å². The van der Waals surface area contributed by atoms with Crippen molar-refractivity contribution in [2.24, 2.45) is 0 Å². The second kappa shape index (κ2) is 8.98. The zero-order valence-corrected chi connectivity index (χ0v) is 17.1. The van der Waals surface area contributed by atoms with Crippen LogP contribution in [0.3, 0.4) is 0 Å². The number of ether oxygens (including phenoxy) is 1. The van der Waals surface area contributed by atoms with Gasteiger partial charge in [0.2, 0.25) is 5.91 Å². The van der Waals surface area contributed by atoms with Crippen molar-refractivity contribution in [2.75, 3.05) is 13.2 Å². The number of aliphatic carboxylic acids is 1. The van der Waals surface area contributed by atoms with Crippen LogP contribution in [0, 0.1) is 0 Å². The third kappa shape index (κ3) is 4.45. The quantitative estimate of drug-likeness (QED) is 0.619. The summed E-state index contributed by atoms with van der Waals surface area (Å²) in [6.45, 7) is 3.07. The molecule has 1 atom stereocenters. The number of carboxylic acids is 1. The number of alkyl carbamates (subject to hydrolysis) is 1. The average molecular weight is 410 g/mol. The highest BCUT2D eigenvalue weighted by Gasteiger charge is 2.34. The minimum atomic E-state index is -1.37. The van der Waals surface area contributed by atoms with E-state index in [0.717, 1.165) is 22.3 Å². The standard InChI is InChI=1S/C23H26N2O5/c1-3-12-23(2,21(27)28)25-20(26)13-24-22(29)30-14-19-17-10-6-4-8-15(17)16-9-5-7-11-18(16)19/h4-11,19H,3,12-14H2,1-2H3,(H,24,29)(H,25,26)(H,27,28). The summed E-state index contributed by atoms with van der Waals surface area (Å²) in [4.78, 5) is 35.6. The lowest BCUT2D eigenvalue weighted by Crippen LogP contribution is -2.54. The lowest BCUT2D eigenvalue weighted by Gasteiger charge is -2.25. The Morgan fingerprint density at radius 1 is 1.03 bits per heavy atom. The summed E-state index contributed by atoms with van der Waals surface area (Å²) in [5.41, 5.74) is 3.09. The normalized spacial score (nSPS) is 14.2. The number of amides is 2. The lowest BCUT2D eigenvalue weighted by atomic mass is 9.96. The summed E-state index contributed by atoms with van der Waals surface area (Å²) < 4.78 is 5.37. The van der Waals surface area contributed by atoms with Gasteiger partial charge < -0.3 is 20.5 Å². The minimum absolute atomic E-state index is 0.0724. The molecule has 0 fully saturated rings. The van der Waals surface area contributed by atoms with Crippen LogP contribution >= 0.6 is 0 Å². The summed E-state index contributed by atoms with van der Waals surface area (Å²) >= 11 is 0. The van der Waals surface area contributed by atoms with E-state index in [0.29, 0.717) is 12.8 Å². The molecule has 0 heterocycles. The number of hydrogen-bond acceptors (Lipinski definition) is 4. The van der Waals surface area contributed by atoms with Gasteiger partial charge in [-0.3, -0.25) is 4.79 Å². The zero-order valence-electron chi connectivity index (χ0n) is 17.1. The van der Waals surface area contributed by atoms with Gasteiger partial charge in [-0.05, 0) is 35.6 Å². The first kappa shape index (κ1) is 21.4. The molecule has 0 saturated carbocycles. The highest BCUT2D eigenvalue weighted by atomic mass is 16.5. The Morgan fingerprint density at radius 3 is 2.13 bits per heavy atom. The third-order valence-electron chi connectivity index (χ3n) is 5.37. The molecule has 0 saturated heterocycles. The molecule has 1 aliphatic carbocycles. The first-order valence-electron chi connectivity index (χ1n) is 9.99. The topological polar surface area (TPSA) is 105 Å². The Hall–Kier alpha value is -3.35. The van der Waals surface area contributed by atoms with Crippen molar-refractivity contribution in [3.8, 4) is 11.1 Å². The van der Waals surface area contributed by atoms with Gasteiger partial charge in [0.15, 0.2) is 0 Å². The number of nitrogens with one attached hydrogen (secondary N) is 2. The van der Waals surface area contributed by atoms with Gasteiger partial charge in [0.25, 0.3) is 0 Å². The van der Waals surface area contributed by atoms with Crippen LogP contribution in [0.5, 0.6) is 0 Å². The van der Waals surface area contributed by atoms with E-state index in [1.807, 2.05) is 55.5 Å². The third-order valence-corrected chi connectivity index (χ3v) is 5.37. The fourth-order valence-corrected chi connectivity index (χ4v) is 3.88. The molecule has 0 aromatic heterocycles. The Bertz CT molecular complexity index is 913. The molecule has 30 heavy (non-hydrogen) atoms. The summed E-state index contributed by atoms with van der Waals surface area (Å²) in [7, 11) is 0. The summed E-state index contributed by atoms with van der Waals surface area (Å²) in [6.07, 6.45) is 0.168. The Labute approximate surface area is 175 Å². The van der Waals surface area contributed by atoms with Gasteiger partial charge in [0.1, 0.15) is 18.7 Å². The lowest BCUT2D eigenvalue weighted by molar-refractivity contribution is -0.147. The van der Waals surface area contributed by atoms with E-state index < -0.39 is 23.5 Å². The predicted molar refractivity (Wildman–Crippen MR) is 112 cm³/mol. The van der Waals surface area contributed by atoms with Crippen molar-refractivity contribution in [1.82, 2.24) is 10.6 Å². The molecule has 2 aromatic carbocycles. The molecule has 7 heteroatoms. The van der Waals surface area contributed by atoms with Gasteiger partial charge in [0, 0.05) is 5.92 Å². The maximum absolute atomic E-state index is 12.1. The molecule has 2 aromatic rings. The first-order chi connectivity index (χ1) is 14.4. The number of benzene rings is 2. The molecule has 3 rings (SSSR count). The highest BCUT2D eigenvalue weighted by molar-refractivity contribution is 5.89. The van der Waals surface area contributed by atoms with E-state index in [9.17, 15) is 19.5 Å². The molecule has 158 valence electrons. The molecule has 0 aliphatic heterocycles. The number of carbonyl (C=O) groups is 3. The second-order valence-electron chi connectivity index (χ2n) is 7.61. The van der Waals surface area contributed by atoms with E-state index in [2.05, 4.69) is 10.6 Å². The van der Waals surface area contributed by atoms with Crippen molar-refractivity contribution in [3.05, 3.63) is 59.7 Å². The Morgan fingerprint density at radius 2 is 1.60 bits per heavy atom. The van der Waals surface area contributed by atoms with E-state index in [1.54, 1.807) is 0 Å². The maximum Gasteiger partial charge on any atom is 0.407 e. The van der Waals surface area contributed by atoms with Crippen molar-refractivity contribution < 1.29 is 24.2 Å². The SMILES string of the molecule is CCCC(C)(NC(=O)CNC(=O)OCC1c2ccccc2-c2ccccc21)C(=O)O. The molecule has 3 N–H and O–H groups in total. The highest BCUT2D eigenvalue weighted by Crippen LogP contribution is 2.44. The van der Waals surface area contributed by atoms with Crippen LogP contribution < -0.4 is 10.6 Å². The van der Waals surface area contributed by atoms with Crippen molar-refractivity contribution in [2.45, 2.75) is 38.1 Å². The van der Waals surface area contributed by atoms with Gasteiger partial charge in [-0.25, -0.2) is 9.59 Å². The van der Waals surface area contributed by atoms with Crippen molar-refractivity contribution in [3.63, 3.8) is 0 Å². The van der Waals surface area contributed by atoms with Gasteiger partial charge >= 0.3 is 12.1 Å². The van der Waals surface area contributed by atoms with Crippen LogP contribution in [-0.2, 0) is 14.3 Å². The molecule has 1 unspecified atom stereocenters. The number of rotatable bonds is 8. The molecular formula is C23H26N2O5. The number of fused-ring (bicyclic) bond motifs is 3. The summed E-state index contributed by atoms with van der Waals surface area (Å²) in [5, 5.41) is 14.2. The van der Waals surface area contributed by atoms with Crippen LogP contribution in [0.25, 0.3) is 11.1 Å². The Balaban J connectivity index is 1.55. The van der Waals surface area contributed by atoms with E-state index >= 15 is 0 Å². The van der Waals surface area contributed by atoms with Crippen LogP contribution in [0.2, 0.25) is 0 Å². The van der Waals surface area contributed by atoms with Crippen LogP contribution in [0.4, 0.5) is 4.79 Å². The van der Waals surface area contributed by atoms with Gasteiger partial charge in [-0.2, -0.15) is 0 Å². The number of hydrogen-bond donors (Lipinski definition) is 3. The largest absolute Gasteiger partial charge is 0.480 e. The minimum Gasteiger partial charge on any atom is -0.480 e. The fraction of sp³-hybridized carbons (Fsp3) is 0.348. The van der Waals surface area contributed by atoms with E-state index in [4.69, 9.17) is 4.74 Å². The average Bonchev–Trinajstić information content (AvgIpc) is 3.04. The maximum atomic E-state index is 12.1. The number of carbonyl (C=O) groups excluding carboxylic acids is 2. The van der Waals surface area contributed by atoms with Crippen molar-refractivity contribution >= 4 is 18.0 Å². The van der Waals surface area contributed by atoms with Crippen LogP contribution in [-0.4, -0.2) is 41.8 Å². The molecule has 1 aliphatic rings. The predicted octanol–water partition coefficient (Wildman–Crippen LogP) is 3.28. The van der Waals surface area contributed by atoms with E-state index in [-0.39, 0.29) is 19.1 Å². The first-order valence-corrected chi connectivity index (χ1v) is 9.99. The molecular weight excluding hydrogens is 384 g/mol. The van der Waals surface area contributed by atoms with Crippen molar-refractivity contribution in [1.29, 1.82) is 0 Å². The van der Waals surface area contributed by atoms with Gasteiger partial charge in [-0.1, -0.05) is 61.9 Å².